The van der Waals surface area contributed by atoms with Gasteiger partial charge in [0.15, 0.2) is 0 Å². The SMILES string of the molecule is N#Cc1cc(N2CC3CCC(O)C3C2)ccc1C(F)(F)F. The average Bonchev–Trinajstić information content (AvgIpc) is 3.00. The molecule has 6 heteroatoms. The summed E-state index contributed by atoms with van der Waals surface area (Å²) in [6.07, 6.45) is -3.07. The number of hydrogen-bond acceptors (Lipinski definition) is 3. The van der Waals surface area contributed by atoms with E-state index in [1.807, 2.05) is 4.90 Å². The first-order valence-electron chi connectivity index (χ1n) is 6.94. The molecule has 1 aliphatic carbocycles. The topological polar surface area (TPSA) is 47.3 Å². The molecule has 1 saturated carbocycles. The third-order valence-corrected chi connectivity index (χ3v) is 4.61. The molecule has 0 aromatic heterocycles. The average molecular weight is 296 g/mol. The number of rotatable bonds is 1. The van der Waals surface area contributed by atoms with Gasteiger partial charge in [0.1, 0.15) is 0 Å². The second-order valence-electron chi connectivity index (χ2n) is 5.81. The zero-order valence-electron chi connectivity index (χ0n) is 11.3. The third-order valence-electron chi connectivity index (χ3n) is 4.61. The Morgan fingerprint density at radius 3 is 2.62 bits per heavy atom. The van der Waals surface area contributed by atoms with E-state index in [1.54, 1.807) is 6.07 Å². The van der Waals surface area contributed by atoms with E-state index < -0.39 is 11.7 Å². The minimum atomic E-state index is -4.51. The summed E-state index contributed by atoms with van der Waals surface area (Å²) < 4.78 is 38.4. The predicted molar refractivity (Wildman–Crippen MR) is 70.6 cm³/mol. The Morgan fingerprint density at radius 2 is 2.00 bits per heavy atom. The number of benzene rings is 1. The number of anilines is 1. The molecule has 2 fully saturated rings. The minimum Gasteiger partial charge on any atom is -0.393 e. The van der Waals surface area contributed by atoms with Crippen molar-refractivity contribution in [1.29, 1.82) is 5.26 Å². The summed E-state index contributed by atoms with van der Waals surface area (Å²) in [4.78, 5) is 1.97. The molecule has 0 bridgehead atoms. The van der Waals surface area contributed by atoms with Gasteiger partial charge < -0.3 is 10.0 Å². The van der Waals surface area contributed by atoms with Crippen LogP contribution < -0.4 is 4.90 Å². The molecule has 3 rings (SSSR count). The van der Waals surface area contributed by atoms with Gasteiger partial charge in [-0.25, -0.2) is 0 Å². The minimum absolute atomic E-state index is 0.192. The maximum Gasteiger partial charge on any atom is 0.417 e. The molecule has 1 saturated heterocycles. The van der Waals surface area contributed by atoms with Gasteiger partial charge in [-0.05, 0) is 37.0 Å². The molecule has 112 valence electrons. The van der Waals surface area contributed by atoms with Crippen molar-refractivity contribution in [3.63, 3.8) is 0 Å². The highest BCUT2D eigenvalue weighted by molar-refractivity contribution is 5.56. The van der Waals surface area contributed by atoms with E-state index in [1.165, 1.54) is 12.1 Å². The lowest BCUT2D eigenvalue weighted by molar-refractivity contribution is -0.137. The van der Waals surface area contributed by atoms with Gasteiger partial charge in [-0.1, -0.05) is 0 Å². The standard InChI is InChI=1S/C15H15F3N2O/c16-15(17,18)13-3-2-11(5-10(13)6-19)20-7-9-1-4-14(21)12(9)8-20/h2-3,5,9,12,14,21H,1,4,7-8H2. The van der Waals surface area contributed by atoms with Crippen LogP contribution in [-0.4, -0.2) is 24.3 Å². The fourth-order valence-electron chi connectivity index (χ4n) is 3.52. The number of aliphatic hydroxyl groups is 1. The number of alkyl halides is 3. The van der Waals surface area contributed by atoms with Gasteiger partial charge in [0.2, 0.25) is 0 Å². The summed E-state index contributed by atoms with van der Waals surface area (Å²) in [5.41, 5.74) is -0.619. The molecule has 2 aliphatic rings. The normalized spacial score (nSPS) is 28.5. The summed E-state index contributed by atoms with van der Waals surface area (Å²) in [6, 6.07) is 5.32. The molecule has 1 N–H and O–H groups in total. The smallest absolute Gasteiger partial charge is 0.393 e. The lowest BCUT2D eigenvalue weighted by Crippen LogP contribution is -2.24. The molecular formula is C15H15F3N2O. The first-order chi connectivity index (χ1) is 9.90. The van der Waals surface area contributed by atoms with Crippen molar-refractivity contribution in [1.82, 2.24) is 0 Å². The van der Waals surface area contributed by atoms with Crippen molar-refractivity contribution in [2.24, 2.45) is 11.8 Å². The molecule has 3 atom stereocenters. The summed E-state index contributed by atoms with van der Waals surface area (Å²) in [5.74, 6) is 0.589. The van der Waals surface area contributed by atoms with E-state index in [0.29, 0.717) is 18.2 Å². The van der Waals surface area contributed by atoms with Crippen molar-refractivity contribution in [2.75, 3.05) is 18.0 Å². The molecule has 1 aromatic carbocycles. The fourth-order valence-corrected chi connectivity index (χ4v) is 3.52. The van der Waals surface area contributed by atoms with Crippen LogP contribution >= 0.6 is 0 Å². The summed E-state index contributed by atoms with van der Waals surface area (Å²) >= 11 is 0. The van der Waals surface area contributed by atoms with Crippen LogP contribution in [0.3, 0.4) is 0 Å². The maximum absolute atomic E-state index is 12.8. The maximum atomic E-state index is 12.8. The number of aliphatic hydroxyl groups excluding tert-OH is 1. The van der Waals surface area contributed by atoms with Crippen molar-refractivity contribution in [2.45, 2.75) is 25.1 Å². The summed E-state index contributed by atoms with van der Waals surface area (Å²) in [5, 5.41) is 18.8. The summed E-state index contributed by atoms with van der Waals surface area (Å²) in [7, 11) is 0. The zero-order valence-corrected chi connectivity index (χ0v) is 11.3. The van der Waals surface area contributed by atoms with Crippen LogP contribution in [0.4, 0.5) is 18.9 Å². The van der Waals surface area contributed by atoms with Crippen LogP contribution in [0.1, 0.15) is 24.0 Å². The van der Waals surface area contributed by atoms with Crippen molar-refractivity contribution in [3.05, 3.63) is 29.3 Å². The second-order valence-corrected chi connectivity index (χ2v) is 5.81. The van der Waals surface area contributed by atoms with Gasteiger partial charge in [-0.2, -0.15) is 18.4 Å². The molecule has 3 nitrogen and oxygen atoms in total. The highest BCUT2D eigenvalue weighted by Gasteiger charge is 2.42. The zero-order chi connectivity index (χ0) is 15.2. The molecule has 21 heavy (non-hydrogen) atoms. The molecular weight excluding hydrogens is 281 g/mol. The molecule has 1 aromatic rings. The highest BCUT2D eigenvalue weighted by Crippen LogP contribution is 2.41. The lowest BCUT2D eigenvalue weighted by atomic mass is 10.00. The van der Waals surface area contributed by atoms with Crippen LogP contribution in [0.5, 0.6) is 0 Å². The number of nitriles is 1. The number of fused-ring (bicyclic) bond motifs is 1. The van der Waals surface area contributed by atoms with Crippen LogP contribution in [0.25, 0.3) is 0 Å². The van der Waals surface area contributed by atoms with Gasteiger partial charge in [-0.3, -0.25) is 0 Å². The van der Waals surface area contributed by atoms with Gasteiger partial charge in [0.25, 0.3) is 0 Å². The van der Waals surface area contributed by atoms with E-state index in [-0.39, 0.29) is 17.6 Å². The van der Waals surface area contributed by atoms with E-state index in [2.05, 4.69) is 0 Å². The Balaban J connectivity index is 1.86. The molecule has 0 amide bonds. The molecule has 1 aliphatic heterocycles. The van der Waals surface area contributed by atoms with Gasteiger partial charge >= 0.3 is 6.18 Å². The second kappa shape index (κ2) is 4.92. The Hall–Kier alpha value is -1.74. The van der Waals surface area contributed by atoms with Gasteiger partial charge in [0, 0.05) is 24.7 Å². The fraction of sp³-hybridized carbons (Fsp3) is 0.533. The first kappa shape index (κ1) is 14.2. The Bertz CT molecular complexity index is 594. The molecule has 0 spiro atoms. The number of hydrogen-bond donors (Lipinski definition) is 1. The van der Waals surface area contributed by atoms with Gasteiger partial charge in [0.05, 0.1) is 23.3 Å². The van der Waals surface area contributed by atoms with Crippen molar-refractivity contribution in [3.8, 4) is 6.07 Å². The van der Waals surface area contributed by atoms with Crippen LogP contribution in [-0.2, 0) is 6.18 Å². The summed E-state index contributed by atoms with van der Waals surface area (Å²) in [6.45, 7) is 1.38. The highest BCUT2D eigenvalue weighted by atomic mass is 19.4. The monoisotopic (exact) mass is 296 g/mol. The molecule has 3 unspecified atom stereocenters. The number of halogens is 3. The van der Waals surface area contributed by atoms with Crippen molar-refractivity contribution >= 4 is 5.69 Å². The van der Waals surface area contributed by atoms with Crippen LogP contribution in [0.2, 0.25) is 0 Å². The molecule has 0 radical (unpaired) electrons. The van der Waals surface area contributed by atoms with E-state index in [4.69, 9.17) is 5.26 Å². The Kier molecular flexibility index (Phi) is 3.33. The largest absolute Gasteiger partial charge is 0.417 e. The van der Waals surface area contributed by atoms with Crippen LogP contribution in [0.15, 0.2) is 18.2 Å². The predicted octanol–water partition coefficient (Wildman–Crippen LogP) is 2.78. The van der Waals surface area contributed by atoms with E-state index >= 15 is 0 Å². The quantitative estimate of drug-likeness (QED) is 0.867. The lowest BCUT2D eigenvalue weighted by Gasteiger charge is -2.21. The van der Waals surface area contributed by atoms with Crippen LogP contribution in [0, 0.1) is 23.2 Å². The van der Waals surface area contributed by atoms with Crippen molar-refractivity contribution < 1.29 is 18.3 Å². The van der Waals surface area contributed by atoms with E-state index in [9.17, 15) is 18.3 Å². The molecule has 1 heterocycles. The van der Waals surface area contributed by atoms with E-state index in [0.717, 1.165) is 25.5 Å². The first-order valence-corrected chi connectivity index (χ1v) is 6.94. The third kappa shape index (κ3) is 2.46. The number of nitrogens with zero attached hydrogens (tertiary/aromatic N) is 2. The van der Waals surface area contributed by atoms with Gasteiger partial charge in [-0.15, -0.1) is 0 Å². The Morgan fingerprint density at radius 1 is 1.24 bits per heavy atom. The Labute approximate surface area is 120 Å².